The number of ether oxygens (including phenoxy) is 1. The number of piperidine rings is 2. The molecule has 2 saturated heterocycles. The summed E-state index contributed by atoms with van der Waals surface area (Å²) < 4.78 is 33.4. The minimum absolute atomic E-state index is 0.0271. The molecule has 0 saturated carbocycles. The molecular weight excluding hydrogens is 550 g/mol. The zero-order chi connectivity index (χ0) is 29.1. The first-order chi connectivity index (χ1) is 19.7. The van der Waals surface area contributed by atoms with Crippen LogP contribution >= 0.6 is 11.6 Å². The van der Waals surface area contributed by atoms with Crippen molar-refractivity contribution >= 4 is 23.4 Å². The fraction of sp³-hybridized carbons (Fsp3) is 0.375. The molecule has 1 spiro atoms. The van der Waals surface area contributed by atoms with Crippen LogP contribution in [0.3, 0.4) is 0 Å². The number of likely N-dealkylation sites (tertiary alicyclic amines) is 2. The molecule has 3 aromatic carbocycles. The van der Waals surface area contributed by atoms with Crippen LogP contribution in [-0.4, -0.2) is 66.1 Å². The minimum Gasteiger partial charge on any atom is -0.494 e. The molecule has 2 aliphatic heterocycles. The number of benzene rings is 3. The van der Waals surface area contributed by atoms with Gasteiger partial charge in [0.2, 0.25) is 5.91 Å². The summed E-state index contributed by atoms with van der Waals surface area (Å²) in [5.74, 6) is -1.27. The maximum atomic E-state index is 14.8. The van der Waals surface area contributed by atoms with Gasteiger partial charge in [-0.25, -0.2) is 8.78 Å². The molecule has 5 rings (SSSR count). The number of carbonyl (C=O) groups is 2. The highest BCUT2D eigenvalue weighted by Gasteiger charge is 2.46. The predicted molar refractivity (Wildman–Crippen MR) is 152 cm³/mol. The van der Waals surface area contributed by atoms with Crippen LogP contribution in [-0.2, 0) is 17.6 Å². The third-order valence-electron chi connectivity index (χ3n) is 8.45. The summed E-state index contributed by atoms with van der Waals surface area (Å²) in [6.07, 6.45) is 1.21. The van der Waals surface area contributed by atoms with E-state index >= 15 is 0 Å². The highest BCUT2D eigenvalue weighted by molar-refractivity contribution is 6.31. The normalized spacial score (nSPS) is 18.4. The van der Waals surface area contributed by atoms with Crippen LogP contribution in [0.4, 0.5) is 8.78 Å². The van der Waals surface area contributed by atoms with E-state index in [1.54, 1.807) is 21.9 Å². The molecule has 1 atom stereocenters. The third kappa shape index (κ3) is 6.23. The first-order valence-corrected chi connectivity index (χ1v) is 14.2. The van der Waals surface area contributed by atoms with E-state index in [0.717, 1.165) is 11.1 Å². The number of amides is 2. The third-order valence-corrected chi connectivity index (χ3v) is 8.81. The Morgan fingerprint density at radius 1 is 1.00 bits per heavy atom. The summed E-state index contributed by atoms with van der Waals surface area (Å²) in [7, 11) is 1.36. The quantitative estimate of drug-likeness (QED) is 0.430. The summed E-state index contributed by atoms with van der Waals surface area (Å²) in [6, 6.07) is 16.7. The highest BCUT2D eigenvalue weighted by Crippen LogP contribution is 2.41. The van der Waals surface area contributed by atoms with E-state index in [1.807, 2.05) is 24.3 Å². The van der Waals surface area contributed by atoms with Gasteiger partial charge in [-0.2, -0.15) is 0 Å². The summed E-state index contributed by atoms with van der Waals surface area (Å²) in [4.78, 5) is 30.1. The maximum absolute atomic E-state index is 14.8. The fourth-order valence-electron chi connectivity index (χ4n) is 6.05. The van der Waals surface area contributed by atoms with Gasteiger partial charge in [-0.3, -0.25) is 9.59 Å². The Labute approximate surface area is 243 Å². The van der Waals surface area contributed by atoms with Crippen LogP contribution in [0, 0.1) is 17.0 Å². The van der Waals surface area contributed by atoms with Gasteiger partial charge in [-0.05, 0) is 73.2 Å². The van der Waals surface area contributed by atoms with Gasteiger partial charge < -0.3 is 19.6 Å². The van der Waals surface area contributed by atoms with Crippen molar-refractivity contribution in [3.05, 3.63) is 99.6 Å². The Balaban J connectivity index is 1.23. The molecule has 2 aliphatic rings. The Kier molecular flexibility index (Phi) is 8.61. The van der Waals surface area contributed by atoms with Crippen LogP contribution in [0.1, 0.15) is 46.3 Å². The monoisotopic (exact) mass is 582 g/mol. The molecule has 9 heteroatoms. The summed E-state index contributed by atoms with van der Waals surface area (Å²) in [5.41, 5.74) is 1.86. The van der Waals surface area contributed by atoms with E-state index in [4.69, 9.17) is 16.3 Å². The highest BCUT2D eigenvalue weighted by atomic mass is 35.5. The zero-order valence-electron chi connectivity index (χ0n) is 22.9. The van der Waals surface area contributed by atoms with Crippen molar-refractivity contribution in [2.45, 2.75) is 38.2 Å². The number of aliphatic hydroxyl groups is 1. The lowest BCUT2D eigenvalue weighted by atomic mass is 9.70. The predicted octanol–water partition coefficient (Wildman–Crippen LogP) is 5.28. The second kappa shape index (κ2) is 12.2. The first-order valence-electron chi connectivity index (χ1n) is 13.8. The van der Waals surface area contributed by atoms with Crippen molar-refractivity contribution in [1.82, 2.24) is 9.80 Å². The number of carbonyl (C=O) groups excluding carboxylic acids is 2. The van der Waals surface area contributed by atoms with E-state index in [0.29, 0.717) is 57.4 Å². The van der Waals surface area contributed by atoms with Crippen molar-refractivity contribution in [3.63, 3.8) is 0 Å². The largest absolute Gasteiger partial charge is 0.494 e. The fourth-order valence-corrected chi connectivity index (χ4v) is 6.26. The van der Waals surface area contributed by atoms with E-state index in [-0.39, 0.29) is 40.4 Å². The number of rotatable bonds is 6. The molecule has 2 fully saturated rings. The molecule has 0 aliphatic carbocycles. The van der Waals surface area contributed by atoms with Gasteiger partial charge in [0.1, 0.15) is 5.82 Å². The standard InChI is InChI=1S/C32H33ClF2N2O4/c1-41-27-9-8-26(33)25(30(27)35)19-29(39)37-13-10-28(38)32(20-37)11-14-36(15-12-32)31(40)23-6-2-4-21(17-23)16-22-5-3-7-24(34)18-22/h2-9,17-18,28,38H,10-16,19-20H2,1H3. The number of methoxy groups -OCH3 is 1. The Morgan fingerprint density at radius 3 is 2.41 bits per heavy atom. The van der Waals surface area contributed by atoms with Gasteiger partial charge >= 0.3 is 0 Å². The zero-order valence-corrected chi connectivity index (χ0v) is 23.7. The van der Waals surface area contributed by atoms with Gasteiger partial charge in [0, 0.05) is 47.7 Å². The van der Waals surface area contributed by atoms with E-state index in [1.165, 1.54) is 31.4 Å². The lowest BCUT2D eigenvalue weighted by molar-refractivity contribution is -0.141. The smallest absolute Gasteiger partial charge is 0.253 e. The van der Waals surface area contributed by atoms with Gasteiger partial charge in [-0.15, -0.1) is 0 Å². The number of hydrogen-bond acceptors (Lipinski definition) is 4. The summed E-state index contributed by atoms with van der Waals surface area (Å²) in [5, 5.41) is 11.2. The second-order valence-corrected chi connectivity index (χ2v) is 11.4. The molecule has 41 heavy (non-hydrogen) atoms. The molecule has 0 bridgehead atoms. The summed E-state index contributed by atoms with van der Waals surface area (Å²) >= 11 is 6.20. The Bertz CT molecular complexity index is 1440. The van der Waals surface area contributed by atoms with Crippen molar-refractivity contribution in [2.75, 3.05) is 33.3 Å². The number of hydrogen-bond donors (Lipinski definition) is 1. The number of nitrogens with zero attached hydrogens (tertiary/aromatic N) is 2. The first kappa shape index (κ1) is 29.0. The van der Waals surface area contributed by atoms with Crippen LogP contribution < -0.4 is 4.74 Å². The maximum Gasteiger partial charge on any atom is 0.253 e. The molecule has 0 radical (unpaired) electrons. The molecule has 1 N–H and O–H groups in total. The second-order valence-electron chi connectivity index (χ2n) is 11.0. The van der Waals surface area contributed by atoms with Crippen molar-refractivity contribution < 1.29 is 28.2 Å². The molecule has 2 amide bonds. The van der Waals surface area contributed by atoms with Gasteiger partial charge in [0.25, 0.3) is 5.91 Å². The van der Waals surface area contributed by atoms with Crippen LogP contribution in [0.5, 0.6) is 5.75 Å². The molecule has 1 unspecified atom stereocenters. The van der Waals surface area contributed by atoms with E-state index in [2.05, 4.69) is 0 Å². The van der Waals surface area contributed by atoms with Crippen LogP contribution in [0.15, 0.2) is 60.7 Å². The average Bonchev–Trinajstić information content (AvgIpc) is 2.97. The minimum atomic E-state index is -0.646. The molecular formula is C32H33ClF2N2O4. The lowest BCUT2D eigenvalue weighted by Gasteiger charge is -2.50. The van der Waals surface area contributed by atoms with Crippen molar-refractivity contribution in [2.24, 2.45) is 5.41 Å². The van der Waals surface area contributed by atoms with Gasteiger partial charge in [0.05, 0.1) is 19.6 Å². The Hall–Kier alpha value is -3.49. The van der Waals surface area contributed by atoms with Crippen LogP contribution in [0.25, 0.3) is 0 Å². The van der Waals surface area contributed by atoms with Gasteiger partial charge in [-0.1, -0.05) is 35.9 Å². The molecule has 3 aromatic rings. The summed E-state index contributed by atoms with van der Waals surface area (Å²) in [6.45, 7) is 1.60. The average molecular weight is 583 g/mol. The van der Waals surface area contributed by atoms with Gasteiger partial charge in [0.15, 0.2) is 11.6 Å². The molecule has 6 nitrogen and oxygen atoms in total. The molecule has 0 aromatic heterocycles. The van der Waals surface area contributed by atoms with E-state index in [9.17, 15) is 23.5 Å². The Morgan fingerprint density at radius 2 is 1.71 bits per heavy atom. The molecule has 216 valence electrons. The number of halogens is 3. The number of aliphatic hydroxyl groups excluding tert-OH is 1. The van der Waals surface area contributed by atoms with Crippen molar-refractivity contribution in [3.8, 4) is 5.75 Å². The van der Waals surface area contributed by atoms with E-state index < -0.39 is 17.3 Å². The van der Waals surface area contributed by atoms with Crippen LogP contribution in [0.2, 0.25) is 5.02 Å². The van der Waals surface area contributed by atoms with Crippen molar-refractivity contribution in [1.29, 1.82) is 0 Å². The SMILES string of the molecule is COc1ccc(Cl)c(CC(=O)N2CCC(O)C3(CCN(C(=O)c4cccc(Cc5cccc(F)c5)c4)CC3)C2)c1F. The lowest BCUT2D eigenvalue weighted by Crippen LogP contribution is -2.58. The molecule has 2 heterocycles. The topological polar surface area (TPSA) is 70.1 Å².